The summed E-state index contributed by atoms with van der Waals surface area (Å²) in [5.41, 5.74) is 0.249. The molecule has 0 spiro atoms. The Labute approximate surface area is 102 Å². The largest absolute Gasteiger partial charge is 0.512 e. The molecule has 6 heteroatoms. The molecule has 0 fully saturated rings. The SMILES string of the molecule is O=C(O)Oc1nccnc1C(=O)c1ccccc1. The summed E-state index contributed by atoms with van der Waals surface area (Å²) < 4.78 is 4.41. The predicted molar refractivity (Wildman–Crippen MR) is 60.6 cm³/mol. The van der Waals surface area contributed by atoms with Crippen LogP contribution in [0.15, 0.2) is 42.7 Å². The number of carbonyl (C=O) groups is 2. The molecule has 2 rings (SSSR count). The zero-order chi connectivity index (χ0) is 13.0. The van der Waals surface area contributed by atoms with E-state index in [9.17, 15) is 9.59 Å². The molecule has 0 amide bonds. The molecule has 1 heterocycles. The molecule has 2 aromatic rings. The van der Waals surface area contributed by atoms with Crippen molar-refractivity contribution in [2.45, 2.75) is 0 Å². The molecule has 0 atom stereocenters. The summed E-state index contributed by atoms with van der Waals surface area (Å²) in [6.45, 7) is 0. The predicted octanol–water partition coefficient (Wildman–Crippen LogP) is 1.76. The lowest BCUT2D eigenvalue weighted by atomic mass is 10.1. The Morgan fingerprint density at radius 2 is 1.72 bits per heavy atom. The summed E-state index contributed by atoms with van der Waals surface area (Å²) in [6, 6.07) is 8.36. The molecule has 1 aromatic carbocycles. The molecular weight excluding hydrogens is 236 g/mol. The van der Waals surface area contributed by atoms with Crippen molar-refractivity contribution in [3.05, 3.63) is 54.0 Å². The smallest absolute Gasteiger partial charge is 0.449 e. The maximum Gasteiger partial charge on any atom is 0.512 e. The van der Waals surface area contributed by atoms with Crippen LogP contribution in [0.2, 0.25) is 0 Å². The van der Waals surface area contributed by atoms with Crippen LogP contribution in [0.25, 0.3) is 0 Å². The third-order valence-corrected chi connectivity index (χ3v) is 2.10. The molecule has 0 saturated heterocycles. The number of carboxylic acid groups (broad SMARTS) is 1. The van der Waals surface area contributed by atoms with E-state index in [1.807, 2.05) is 0 Å². The summed E-state index contributed by atoms with van der Waals surface area (Å²) in [4.78, 5) is 30.0. The Balaban J connectivity index is 2.39. The van der Waals surface area contributed by atoms with E-state index in [0.717, 1.165) is 0 Å². The highest BCUT2D eigenvalue weighted by Gasteiger charge is 2.19. The summed E-state index contributed by atoms with van der Waals surface area (Å²) in [6.07, 6.45) is 1.00. The van der Waals surface area contributed by atoms with Gasteiger partial charge in [-0.15, -0.1) is 0 Å². The zero-order valence-corrected chi connectivity index (χ0v) is 9.11. The zero-order valence-electron chi connectivity index (χ0n) is 9.11. The van der Waals surface area contributed by atoms with Gasteiger partial charge in [-0.25, -0.2) is 14.8 Å². The van der Waals surface area contributed by atoms with Gasteiger partial charge < -0.3 is 9.84 Å². The van der Waals surface area contributed by atoms with Crippen molar-refractivity contribution in [3.8, 4) is 5.88 Å². The van der Waals surface area contributed by atoms with Crippen LogP contribution >= 0.6 is 0 Å². The van der Waals surface area contributed by atoms with Crippen LogP contribution in [-0.4, -0.2) is 27.0 Å². The summed E-state index contributed by atoms with van der Waals surface area (Å²) in [7, 11) is 0. The second kappa shape index (κ2) is 5.05. The fraction of sp³-hybridized carbons (Fsp3) is 0. The number of nitrogens with zero attached hydrogens (tertiary/aromatic N) is 2. The summed E-state index contributed by atoms with van der Waals surface area (Å²) in [5, 5.41) is 8.54. The molecule has 0 bridgehead atoms. The number of ether oxygens (including phenoxy) is 1. The van der Waals surface area contributed by atoms with Crippen LogP contribution in [0.1, 0.15) is 16.1 Å². The lowest BCUT2D eigenvalue weighted by Crippen LogP contribution is -2.12. The van der Waals surface area contributed by atoms with E-state index in [4.69, 9.17) is 5.11 Å². The molecule has 0 aliphatic heterocycles. The molecular formula is C12H8N2O4. The van der Waals surface area contributed by atoms with Gasteiger partial charge in [0.25, 0.3) is 5.88 Å². The van der Waals surface area contributed by atoms with E-state index < -0.39 is 11.9 Å². The molecule has 18 heavy (non-hydrogen) atoms. The number of carbonyl (C=O) groups excluding carboxylic acids is 1. The highest BCUT2D eigenvalue weighted by molar-refractivity contribution is 6.09. The Morgan fingerprint density at radius 1 is 1.06 bits per heavy atom. The fourth-order valence-corrected chi connectivity index (χ4v) is 1.36. The molecule has 1 N–H and O–H groups in total. The van der Waals surface area contributed by atoms with Crippen LogP contribution in [0, 0.1) is 0 Å². The lowest BCUT2D eigenvalue weighted by Gasteiger charge is -2.04. The van der Waals surface area contributed by atoms with Gasteiger partial charge in [0.1, 0.15) is 0 Å². The van der Waals surface area contributed by atoms with Gasteiger partial charge in [0.05, 0.1) is 0 Å². The monoisotopic (exact) mass is 244 g/mol. The molecule has 6 nitrogen and oxygen atoms in total. The average Bonchev–Trinajstić information content (AvgIpc) is 2.39. The second-order valence-electron chi connectivity index (χ2n) is 3.27. The van der Waals surface area contributed by atoms with Crippen molar-refractivity contribution in [1.29, 1.82) is 0 Å². The van der Waals surface area contributed by atoms with Gasteiger partial charge in [0.2, 0.25) is 5.78 Å². The molecule has 90 valence electrons. The van der Waals surface area contributed by atoms with Crippen molar-refractivity contribution in [3.63, 3.8) is 0 Å². The topological polar surface area (TPSA) is 89.4 Å². The highest BCUT2D eigenvalue weighted by atomic mass is 16.7. The van der Waals surface area contributed by atoms with Crippen LogP contribution in [0.3, 0.4) is 0 Å². The molecule has 0 saturated carbocycles. The number of ketones is 1. The van der Waals surface area contributed by atoms with Crippen molar-refractivity contribution in [2.75, 3.05) is 0 Å². The van der Waals surface area contributed by atoms with Gasteiger partial charge in [-0.1, -0.05) is 30.3 Å². The van der Waals surface area contributed by atoms with E-state index in [1.54, 1.807) is 30.3 Å². The lowest BCUT2D eigenvalue weighted by molar-refractivity contribution is 0.102. The van der Waals surface area contributed by atoms with Gasteiger partial charge in [0.15, 0.2) is 5.69 Å². The molecule has 0 radical (unpaired) electrons. The summed E-state index contributed by atoms with van der Waals surface area (Å²) >= 11 is 0. The quantitative estimate of drug-likeness (QED) is 0.653. The first kappa shape index (κ1) is 11.7. The molecule has 0 aliphatic carbocycles. The van der Waals surface area contributed by atoms with E-state index >= 15 is 0 Å². The minimum Gasteiger partial charge on any atom is -0.449 e. The average molecular weight is 244 g/mol. The Bertz CT molecular complexity index is 584. The molecule has 0 aliphatic rings. The van der Waals surface area contributed by atoms with Crippen LogP contribution in [0.4, 0.5) is 4.79 Å². The Morgan fingerprint density at radius 3 is 2.39 bits per heavy atom. The third-order valence-electron chi connectivity index (χ3n) is 2.10. The minimum absolute atomic E-state index is 0.133. The maximum atomic E-state index is 12.1. The summed E-state index contributed by atoms with van der Waals surface area (Å²) in [5.74, 6) is -0.765. The van der Waals surface area contributed by atoms with Crippen molar-refractivity contribution in [1.82, 2.24) is 9.97 Å². The first-order valence-corrected chi connectivity index (χ1v) is 5.00. The van der Waals surface area contributed by atoms with Gasteiger partial charge in [0, 0.05) is 18.0 Å². The van der Waals surface area contributed by atoms with Crippen LogP contribution in [0.5, 0.6) is 5.88 Å². The number of hydrogen-bond donors (Lipinski definition) is 1. The first-order valence-electron chi connectivity index (χ1n) is 5.00. The standard InChI is InChI=1S/C12H8N2O4/c15-10(8-4-2-1-3-5-8)9-11(18-12(16)17)14-7-6-13-9/h1-7H,(H,16,17). The fourth-order valence-electron chi connectivity index (χ4n) is 1.36. The normalized spacial score (nSPS) is 9.78. The minimum atomic E-state index is -1.54. The van der Waals surface area contributed by atoms with E-state index in [0.29, 0.717) is 5.56 Å². The third kappa shape index (κ3) is 2.49. The number of hydrogen-bond acceptors (Lipinski definition) is 5. The Kier molecular flexibility index (Phi) is 3.29. The van der Waals surface area contributed by atoms with E-state index in [-0.39, 0.29) is 11.6 Å². The van der Waals surface area contributed by atoms with Gasteiger partial charge in [-0.3, -0.25) is 4.79 Å². The van der Waals surface area contributed by atoms with Crippen molar-refractivity contribution < 1.29 is 19.4 Å². The van der Waals surface area contributed by atoms with Gasteiger partial charge in [-0.05, 0) is 0 Å². The molecule has 0 unspecified atom stereocenters. The second-order valence-corrected chi connectivity index (χ2v) is 3.27. The van der Waals surface area contributed by atoms with Crippen molar-refractivity contribution >= 4 is 11.9 Å². The number of aromatic nitrogens is 2. The van der Waals surface area contributed by atoms with Gasteiger partial charge >= 0.3 is 6.16 Å². The highest BCUT2D eigenvalue weighted by Crippen LogP contribution is 2.16. The van der Waals surface area contributed by atoms with E-state index in [1.165, 1.54) is 12.4 Å². The molecule has 1 aromatic heterocycles. The number of benzene rings is 1. The van der Waals surface area contributed by atoms with Crippen molar-refractivity contribution in [2.24, 2.45) is 0 Å². The maximum absolute atomic E-state index is 12.1. The number of rotatable bonds is 3. The first-order chi connectivity index (χ1) is 8.68. The Hall–Kier alpha value is -2.76. The van der Waals surface area contributed by atoms with Crippen LogP contribution in [-0.2, 0) is 0 Å². The van der Waals surface area contributed by atoms with Crippen LogP contribution < -0.4 is 4.74 Å². The van der Waals surface area contributed by atoms with Gasteiger partial charge in [-0.2, -0.15) is 0 Å². The van der Waals surface area contributed by atoms with E-state index in [2.05, 4.69) is 14.7 Å².